The molecule has 1 N–H and O–H groups in total. The fourth-order valence-corrected chi connectivity index (χ4v) is 6.63. The maximum atomic E-state index is 12.9. The number of likely N-dealkylation sites (N-methyl/N-ethyl adjacent to an activating group) is 1. The lowest BCUT2D eigenvalue weighted by molar-refractivity contribution is -0.157. The number of oxazole rings is 1. The average Bonchev–Trinajstić information content (AvgIpc) is 3.27. The van der Waals surface area contributed by atoms with Crippen molar-refractivity contribution in [1.82, 2.24) is 15.2 Å². The van der Waals surface area contributed by atoms with Crippen LogP contribution in [0.4, 0.5) is 0 Å². The van der Waals surface area contributed by atoms with Crippen LogP contribution in [0, 0.1) is 11.8 Å². The SMILES string of the molecule is COC12CC3CC(CC(NC4=N/C(=C\c5ccc6ncoc6c5)C(=O)N4C)(C3)C1)C2. The van der Waals surface area contributed by atoms with Gasteiger partial charge in [0.1, 0.15) is 11.2 Å². The number of amides is 1. The van der Waals surface area contributed by atoms with E-state index in [-0.39, 0.29) is 17.0 Å². The molecule has 156 valence electrons. The molecule has 2 heterocycles. The first-order chi connectivity index (χ1) is 14.5. The minimum absolute atomic E-state index is 0.00994. The summed E-state index contributed by atoms with van der Waals surface area (Å²) in [4.78, 5) is 23.3. The van der Waals surface area contributed by atoms with E-state index in [2.05, 4.69) is 10.3 Å². The lowest BCUT2D eigenvalue weighted by Crippen LogP contribution is -2.67. The predicted molar refractivity (Wildman–Crippen MR) is 112 cm³/mol. The molecule has 2 unspecified atom stereocenters. The summed E-state index contributed by atoms with van der Waals surface area (Å²) < 4.78 is 11.4. The molecule has 1 aliphatic heterocycles. The third kappa shape index (κ3) is 2.71. The van der Waals surface area contributed by atoms with Crippen molar-refractivity contribution in [2.45, 2.75) is 49.7 Å². The van der Waals surface area contributed by atoms with Gasteiger partial charge in [-0.3, -0.25) is 9.69 Å². The van der Waals surface area contributed by atoms with Gasteiger partial charge in [0.05, 0.1) is 5.60 Å². The fourth-order valence-electron chi connectivity index (χ4n) is 6.63. The van der Waals surface area contributed by atoms with E-state index in [9.17, 15) is 4.79 Å². The molecule has 30 heavy (non-hydrogen) atoms. The Bertz CT molecular complexity index is 1090. The van der Waals surface area contributed by atoms with E-state index in [1.165, 1.54) is 25.7 Å². The zero-order valence-corrected chi connectivity index (χ0v) is 17.4. The van der Waals surface area contributed by atoms with Gasteiger partial charge in [-0.25, -0.2) is 9.98 Å². The van der Waals surface area contributed by atoms with Gasteiger partial charge in [-0.2, -0.15) is 0 Å². The van der Waals surface area contributed by atoms with E-state index in [1.807, 2.05) is 31.4 Å². The third-order valence-corrected chi connectivity index (χ3v) is 7.54. The summed E-state index contributed by atoms with van der Waals surface area (Å²) in [5.74, 6) is 1.96. The molecule has 2 atom stereocenters. The molecule has 4 bridgehead atoms. The number of aromatic nitrogens is 1. The number of guanidine groups is 1. The second-order valence-electron chi connectivity index (χ2n) is 9.66. The maximum absolute atomic E-state index is 12.9. The van der Waals surface area contributed by atoms with Gasteiger partial charge < -0.3 is 14.5 Å². The molecule has 0 saturated heterocycles. The molecular formula is C23H26N4O3. The third-order valence-electron chi connectivity index (χ3n) is 7.54. The van der Waals surface area contributed by atoms with E-state index in [4.69, 9.17) is 14.1 Å². The number of ether oxygens (including phenoxy) is 1. The van der Waals surface area contributed by atoms with Crippen LogP contribution in [-0.2, 0) is 9.53 Å². The predicted octanol–water partition coefficient (Wildman–Crippen LogP) is 3.32. The zero-order valence-electron chi connectivity index (χ0n) is 17.4. The van der Waals surface area contributed by atoms with Crippen molar-refractivity contribution in [3.63, 3.8) is 0 Å². The van der Waals surface area contributed by atoms with Crippen LogP contribution in [0.5, 0.6) is 0 Å². The van der Waals surface area contributed by atoms with Crippen molar-refractivity contribution in [3.8, 4) is 0 Å². The molecular weight excluding hydrogens is 380 g/mol. The summed E-state index contributed by atoms with van der Waals surface area (Å²) in [6, 6.07) is 5.69. The van der Waals surface area contributed by atoms with Crippen molar-refractivity contribution < 1.29 is 13.9 Å². The highest BCUT2D eigenvalue weighted by molar-refractivity contribution is 6.13. The molecule has 7 rings (SSSR count). The molecule has 1 aromatic heterocycles. The van der Waals surface area contributed by atoms with Gasteiger partial charge in [0.25, 0.3) is 5.91 Å². The van der Waals surface area contributed by atoms with Gasteiger partial charge in [0.15, 0.2) is 12.0 Å². The van der Waals surface area contributed by atoms with E-state index < -0.39 is 0 Å². The number of carbonyl (C=O) groups is 1. The van der Waals surface area contributed by atoms with E-state index >= 15 is 0 Å². The molecule has 1 aromatic carbocycles. The highest BCUT2D eigenvalue weighted by Gasteiger charge is 2.58. The Morgan fingerprint density at radius 3 is 2.83 bits per heavy atom. The number of aliphatic imine (C=N–C) groups is 1. The van der Waals surface area contributed by atoms with E-state index in [1.54, 1.807) is 11.9 Å². The van der Waals surface area contributed by atoms with E-state index in [0.717, 1.165) is 30.3 Å². The quantitative estimate of drug-likeness (QED) is 0.791. The normalized spacial score (nSPS) is 36.2. The second-order valence-corrected chi connectivity index (χ2v) is 9.66. The number of benzene rings is 1. The van der Waals surface area contributed by atoms with Gasteiger partial charge in [-0.1, -0.05) is 6.07 Å². The molecule has 4 aliphatic carbocycles. The van der Waals surface area contributed by atoms with Gasteiger partial charge in [-0.15, -0.1) is 0 Å². The lowest BCUT2D eigenvalue weighted by Gasteiger charge is -2.61. The highest BCUT2D eigenvalue weighted by atomic mass is 16.5. The van der Waals surface area contributed by atoms with Crippen molar-refractivity contribution in [1.29, 1.82) is 0 Å². The summed E-state index contributed by atoms with van der Waals surface area (Å²) in [5, 5.41) is 3.71. The number of nitrogens with zero attached hydrogens (tertiary/aromatic N) is 3. The Morgan fingerprint density at radius 1 is 1.27 bits per heavy atom. The molecule has 4 fully saturated rings. The lowest BCUT2D eigenvalue weighted by atomic mass is 9.51. The van der Waals surface area contributed by atoms with Crippen LogP contribution in [0.25, 0.3) is 17.2 Å². The van der Waals surface area contributed by atoms with Crippen LogP contribution >= 0.6 is 0 Å². The van der Waals surface area contributed by atoms with Crippen LogP contribution in [0.3, 0.4) is 0 Å². The van der Waals surface area contributed by atoms with Crippen molar-refractivity contribution in [3.05, 3.63) is 35.9 Å². The zero-order chi connectivity index (χ0) is 20.5. The summed E-state index contributed by atoms with van der Waals surface area (Å²) in [6.45, 7) is 0. The smallest absolute Gasteiger partial charge is 0.279 e. The van der Waals surface area contributed by atoms with Gasteiger partial charge in [0.2, 0.25) is 5.96 Å². The van der Waals surface area contributed by atoms with Crippen LogP contribution in [0.15, 0.2) is 39.7 Å². The molecule has 4 saturated carbocycles. The first-order valence-electron chi connectivity index (χ1n) is 10.7. The van der Waals surface area contributed by atoms with Gasteiger partial charge in [-0.05, 0) is 74.1 Å². The number of nitrogens with one attached hydrogen (secondary N) is 1. The number of hydrogen-bond donors (Lipinski definition) is 1. The first-order valence-corrected chi connectivity index (χ1v) is 10.7. The van der Waals surface area contributed by atoms with Crippen LogP contribution in [0.1, 0.15) is 44.1 Å². The highest BCUT2D eigenvalue weighted by Crippen LogP contribution is 2.58. The summed E-state index contributed by atoms with van der Waals surface area (Å²) in [5.41, 5.74) is 2.76. The number of rotatable bonds is 3. The largest absolute Gasteiger partial charge is 0.443 e. The van der Waals surface area contributed by atoms with Crippen LogP contribution in [-0.4, -0.2) is 47.0 Å². The molecule has 0 radical (unpaired) electrons. The minimum Gasteiger partial charge on any atom is -0.443 e. The van der Waals surface area contributed by atoms with Gasteiger partial charge >= 0.3 is 0 Å². The summed E-state index contributed by atoms with van der Waals surface area (Å²) in [6.07, 6.45) is 10.1. The van der Waals surface area contributed by atoms with Crippen molar-refractivity contribution in [2.24, 2.45) is 16.8 Å². The molecule has 0 spiro atoms. The molecule has 1 amide bonds. The molecule has 7 nitrogen and oxygen atoms in total. The number of hydrogen-bond acceptors (Lipinski definition) is 6. The molecule has 5 aliphatic rings. The number of carbonyl (C=O) groups excluding carboxylic acids is 1. The minimum atomic E-state index is -0.0960. The number of methoxy groups -OCH3 is 1. The Morgan fingerprint density at radius 2 is 2.07 bits per heavy atom. The standard InChI is InChI=1S/C23H26N4O3/c1-27-20(28)18(6-14-3-4-17-19(7-14)30-13-24-17)25-21(27)26-22-8-15-5-16(9-22)11-23(10-15,12-22)29-2/h3-4,6-7,13,15-16H,5,8-12H2,1-2H3,(H,25,26)/b18-6-. The van der Waals surface area contributed by atoms with Crippen LogP contribution in [0.2, 0.25) is 0 Å². The topological polar surface area (TPSA) is 80.0 Å². The fraction of sp³-hybridized carbons (Fsp3) is 0.522. The molecule has 7 heteroatoms. The molecule has 2 aromatic rings. The number of fused-ring (bicyclic) bond motifs is 1. The Hall–Kier alpha value is -2.67. The van der Waals surface area contributed by atoms with E-state index in [0.29, 0.717) is 29.1 Å². The van der Waals surface area contributed by atoms with Gasteiger partial charge in [0, 0.05) is 19.7 Å². The summed E-state index contributed by atoms with van der Waals surface area (Å²) >= 11 is 0. The van der Waals surface area contributed by atoms with Crippen molar-refractivity contribution >= 4 is 29.0 Å². The maximum Gasteiger partial charge on any atom is 0.279 e. The summed E-state index contributed by atoms with van der Waals surface area (Å²) in [7, 11) is 3.65. The first kappa shape index (κ1) is 18.1. The van der Waals surface area contributed by atoms with Crippen molar-refractivity contribution in [2.75, 3.05) is 14.2 Å². The Balaban J connectivity index is 1.30. The second kappa shape index (κ2) is 6.17. The average molecular weight is 406 g/mol. The monoisotopic (exact) mass is 406 g/mol. The van der Waals surface area contributed by atoms with Crippen LogP contribution < -0.4 is 5.32 Å². The Labute approximate surface area is 175 Å². The Kier molecular flexibility index (Phi) is 3.73.